The molecule has 4 aromatic rings. The summed E-state index contributed by atoms with van der Waals surface area (Å²) in [5.41, 5.74) is 5.65. The molecule has 1 amide bonds. The summed E-state index contributed by atoms with van der Waals surface area (Å²) in [7, 11) is 0. The minimum atomic E-state index is -0.0752. The second kappa shape index (κ2) is 9.87. The molecule has 2 N–H and O–H groups in total. The Morgan fingerprint density at radius 2 is 1.76 bits per heavy atom. The van der Waals surface area contributed by atoms with Crippen LogP contribution >= 0.6 is 0 Å². The van der Waals surface area contributed by atoms with Crippen molar-refractivity contribution in [2.75, 3.05) is 18.1 Å². The maximum absolute atomic E-state index is 13.5. The second-order valence-corrected chi connectivity index (χ2v) is 11.0. The molecule has 7 rings (SSSR count). The number of rotatable bonds is 6. The molecule has 4 heterocycles. The zero-order chi connectivity index (χ0) is 25.5. The molecule has 7 heteroatoms. The van der Waals surface area contributed by atoms with Crippen LogP contribution in [0, 0.1) is 5.92 Å². The van der Waals surface area contributed by atoms with Crippen LogP contribution in [0.25, 0.3) is 22.2 Å². The summed E-state index contributed by atoms with van der Waals surface area (Å²) < 4.78 is 5.76. The van der Waals surface area contributed by atoms with Crippen LogP contribution in [0.3, 0.4) is 0 Å². The van der Waals surface area contributed by atoms with Crippen LogP contribution in [0.2, 0.25) is 0 Å². The molecular weight excluding hydrogens is 474 g/mol. The zero-order valence-corrected chi connectivity index (χ0v) is 21.5. The number of nitrogens with zero attached hydrogens (tertiary/aromatic N) is 3. The van der Waals surface area contributed by atoms with Gasteiger partial charge in [0.05, 0.1) is 48.2 Å². The fraction of sp³-hybridized carbons (Fsp3) is 0.387. The molecule has 0 radical (unpaired) electrons. The first-order chi connectivity index (χ1) is 18.7. The largest absolute Gasteiger partial charge is 0.377 e. The van der Waals surface area contributed by atoms with E-state index in [0.717, 1.165) is 53.9 Å². The van der Waals surface area contributed by atoms with Gasteiger partial charge in [0.2, 0.25) is 0 Å². The van der Waals surface area contributed by atoms with E-state index < -0.39 is 0 Å². The van der Waals surface area contributed by atoms with Crippen LogP contribution in [0.1, 0.15) is 60.6 Å². The Hall–Kier alpha value is -3.71. The molecular formula is C31H33N5O2. The van der Waals surface area contributed by atoms with E-state index in [4.69, 9.17) is 4.74 Å². The third kappa shape index (κ3) is 4.25. The minimum absolute atomic E-state index is 0.0697. The lowest BCUT2D eigenvalue weighted by atomic mass is 9.94. The highest BCUT2D eigenvalue weighted by Crippen LogP contribution is 2.37. The maximum Gasteiger partial charge on any atom is 0.251 e. The van der Waals surface area contributed by atoms with Crippen LogP contribution in [-0.4, -0.2) is 46.4 Å². The summed E-state index contributed by atoms with van der Waals surface area (Å²) in [5.74, 6) is 0.349. The van der Waals surface area contributed by atoms with E-state index in [2.05, 4.69) is 49.7 Å². The van der Waals surface area contributed by atoms with Gasteiger partial charge in [-0.15, -0.1) is 0 Å². The number of ether oxygens (including phenoxy) is 1. The Morgan fingerprint density at radius 1 is 0.974 bits per heavy atom. The number of aromatic nitrogens is 3. The average molecular weight is 508 g/mol. The molecule has 2 aromatic heterocycles. The number of anilines is 1. The smallest absolute Gasteiger partial charge is 0.251 e. The van der Waals surface area contributed by atoms with Crippen molar-refractivity contribution in [2.24, 2.45) is 5.92 Å². The van der Waals surface area contributed by atoms with Gasteiger partial charge in [0.15, 0.2) is 0 Å². The average Bonchev–Trinajstić information content (AvgIpc) is 3.70. The molecule has 1 aliphatic carbocycles. The van der Waals surface area contributed by atoms with Gasteiger partial charge in [0, 0.05) is 28.4 Å². The Kier molecular flexibility index (Phi) is 6.08. The number of pyridine rings is 1. The van der Waals surface area contributed by atoms with Crippen molar-refractivity contribution in [3.8, 4) is 11.3 Å². The lowest BCUT2D eigenvalue weighted by molar-refractivity contribution is 0.0906. The van der Waals surface area contributed by atoms with Gasteiger partial charge in [-0.2, -0.15) is 5.10 Å². The number of benzene rings is 2. The van der Waals surface area contributed by atoms with Gasteiger partial charge < -0.3 is 15.0 Å². The topological polar surface area (TPSA) is 83.1 Å². The number of carbonyl (C=O) groups is 1. The van der Waals surface area contributed by atoms with Crippen molar-refractivity contribution in [2.45, 2.75) is 56.7 Å². The van der Waals surface area contributed by atoms with Crippen molar-refractivity contribution in [1.29, 1.82) is 0 Å². The number of fused-ring (bicyclic) bond motifs is 3. The molecule has 3 fully saturated rings. The van der Waals surface area contributed by atoms with Gasteiger partial charge in [0.25, 0.3) is 5.91 Å². The summed E-state index contributed by atoms with van der Waals surface area (Å²) in [6.07, 6.45) is 8.86. The van der Waals surface area contributed by atoms with Crippen LogP contribution in [-0.2, 0) is 4.74 Å². The first-order valence-electron chi connectivity index (χ1n) is 13.9. The lowest BCUT2D eigenvalue weighted by Crippen LogP contribution is -2.45. The predicted octanol–water partition coefficient (Wildman–Crippen LogP) is 5.65. The van der Waals surface area contributed by atoms with Gasteiger partial charge >= 0.3 is 0 Å². The molecule has 194 valence electrons. The molecule has 2 saturated heterocycles. The standard InChI is InChI=1S/C31H33N5O2/c37-31(33-30(20-5-1-2-6-20)28-7-3-4-16-32-28)22-10-15-27-26(17-22)29(35-34-27)21-8-11-23(12-9-21)36-24-13-14-25(36)19-38-18-24/h3-4,7-12,15-17,20,24-25,30H,1-2,5-6,13-14,18-19H2,(H,33,37)(H,34,35)/t24?,25?,30-/m0/s1. The molecule has 7 nitrogen and oxygen atoms in total. The van der Waals surface area contributed by atoms with Crippen LogP contribution < -0.4 is 10.2 Å². The van der Waals surface area contributed by atoms with E-state index in [9.17, 15) is 4.79 Å². The number of aromatic amines is 1. The SMILES string of the molecule is O=C(N[C@H](c1ccccn1)C1CCCC1)c1ccc2[nH]nc(-c3ccc(N4C5CCC4COC5)cc3)c2c1. The van der Waals surface area contributed by atoms with Gasteiger partial charge in [-0.25, -0.2) is 0 Å². The van der Waals surface area contributed by atoms with Gasteiger partial charge in [0.1, 0.15) is 0 Å². The molecule has 2 unspecified atom stereocenters. The summed E-state index contributed by atoms with van der Waals surface area (Å²) in [6.45, 7) is 1.63. The number of hydrogen-bond donors (Lipinski definition) is 2. The van der Waals surface area contributed by atoms with E-state index in [1.54, 1.807) is 0 Å². The number of H-pyrrole nitrogens is 1. The van der Waals surface area contributed by atoms with Crippen molar-refractivity contribution in [1.82, 2.24) is 20.5 Å². The molecule has 2 aliphatic heterocycles. The molecule has 1 saturated carbocycles. The normalized spacial score (nSPS) is 22.2. The number of nitrogens with one attached hydrogen (secondary N) is 2. The van der Waals surface area contributed by atoms with Gasteiger partial charge in [-0.3, -0.25) is 14.9 Å². The van der Waals surface area contributed by atoms with Crippen LogP contribution in [0.5, 0.6) is 0 Å². The number of morpholine rings is 1. The fourth-order valence-electron chi connectivity index (χ4n) is 6.73. The molecule has 3 aliphatic rings. The monoisotopic (exact) mass is 507 g/mol. The van der Waals surface area contributed by atoms with Crippen molar-refractivity contribution >= 4 is 22.5 Å². The third-order valence-corrected chi connectivity index (χ3v) is 8.67. The van der Waals surface area contributed by atoms with E-state index in [-0.39, 0.29) is 11.9 Å². The number of hydrogen-bond acceptors (Lipinski definition) is 5. The quantitative estimate of drug-likeness (QED) is 0.352. The lowest BCUT2D eigenvalue weighted by Gasteiger charge is -2.36. The van der Waals surface area contributed by atoms with Gasteiger partial charge in [-0.05, 0) is 74.1 Å². The van der Waals surface area contributed by atoms with Crippen molar-refractivity contribution < 1.29 is 9.53 Å². The third-order valence-electron chi connectivity index (χ3n) is 8.67. The minimum Gasteiger partial charge on any atom is -0.377 e. The number of carbonyl (C=O) groups excluding carboxylic acids is 1. The second-order valence-electron chi connectivity index (χ2n) is 11.0. The number of amides is 1. The molecule has 2 bridgehead atoms. The van der Waals surface area contributed by atoms with E-state index in [0.29, 0.717) is 23.6 Å². The van der Waals surface area contributed by atoms with Crippen molar-refractivity contribution in [3.63, 3.8) is 0 Å². The highest BCUT2D eigenvalue weighted by molar-refractivity contribution is 6.01. The summed E-state index contributed by atoms with van der Waals surface area (Å²) >= 11 is 0. The van der Waals surface area contributed by atoms with Gasteiger partial charge in [-0.1, -0.05) is 31.0 Å². The highest BCUT2D eigenvalue weighted by atomic mass is 16.5. The van der Waals surface area contributed by atoms with Crippen LogP contribution in [0.15, 0.2) is 66.9 Å². The summed E-state index contributed by atoms with van der Waals surface area (Å²) in [4.78, 5) is 20.6. The Balaban J connectivity index is 1.15. The van der Waals surface area contributed by atoms with Crippen molar-refractivity contribution in [3.05, 3.63) is 78.1 Å². The molecule has 2 aromatic carbocycles. The van der Waals surface area contributed by atoms with E-state index >= 15 is 0 Å². The van der Waals surface area contributed by atoms with E-state index in [1.165, 1.54) is 31.4 Å². The van der Waals surface area contributed by atoms with E-state index in [1.807, 2.05) is 42.6 Å². The fourth-order valence-corrected chi connectivity index (χ4v) is 6.73. The highest BCUT2D eigenvalue weighted by Gasteiger charge is 2.37. The molecule has 3 atom stereocenters. The summed E-state index contributed by atoms with van der Waals surface area (Å²) in [6, 6.07) is 21.3. The Bertz CT molecular complexity index is 1410. The Labute approximate surface area is 222 Å². The first-order valence-corrected chi connectivity index (χ1v) is 13.9. The van der Waals surface area contributed by atoms with Crippen LogP contribution in [0.4, 0.5) is 5.69 Å². The maximum atomic E-state index is 13.5. The molecule has 0 spiro atoms. The predicted molar refractivity (Wildman–Crippen MR) is 148 cm³/mol. The first kappa shape index (κ1) is 23.4. The Morgan fingerprint density at radius 3 is 2.50 bits per heavy atom. The zero-order valence-electron chi connectivity index (χ0n) is 21.5. The summed E-state index contributed by atoms with van der Waals surface area (Å²) in [5, 5.41) is 12.0. The molecule has 38 heavy (non-hydrogen) atoms.